The largest absolute Gasteiger partial charge is 0.493 e. The summed E-state index contributed by atoms with van der Waals surface area (Å²) in [5.74, 6) is 0.866. The molecule has 0 unspecified atom stereocenters. The molecule has 1 heterocycles. The van der Waals surface area contributed by atoms with Crippen molar-refractivity contribution in [2.24, 2.45) is 5.92 Å². The van der Waals surface area contributed by atoms with Crippen LogP contribution in [0, 0.1) is 5.92 Å². The van der Waals surface area contributed by atoms with E-state index < -0.39 is 0 Å². The molecule has 3 aromatic rings. The molecule has 7 nitrogen and oxygen atoms in total. The van der Waals surface area contributed by atoms with Gasteiger partial charge in [-0.3, -0.25) is 14.9 Å². The van der Waals surface area contributed by atoms with E-state index in [-0.39, 0.29) is 16.9 Å². The van der Waals surface area contributed by atoms with E-state index in [0.29, 0.717) is 60.5 Å². The Morgan fingerprint density at radius 1 is 0.947 bits per heavy atom. The number of ether oxygens (including phenoxy) is 1. The van der Waals surface area contributed by atoms with Crippen LogP contribution in [0.4, 0.5) is 11.4 Å². The highest BCUT2D eigenvalue weighted by Crippen LogP contribution is 2.30. The van der Waals surface area contributed by atoms with Crippen LogP contribution in [0.2, 0.25) is 5.02 Å². The summed E-state index contributed by atoms with van der Waals surface area (Å²) in [6.07, 6.45) is 0. The molecule has 1 fully saturated rings. The Morgan fingerprint density at radius 2 is 1.63 bits per heavy atom. The maximum atomic E-state index is 12.7. The Bertz CT molecular complexity index is 1280. The van der Waals surface area contributed by atoms with Crippen molar-refractivity contribution in [1.82, 2.24) is 10.2 Å². The van der Waals surface area contributed by atoms with Crippen molar-refractivity contribution in [3.8, 4) is 5.75 Å². The Hall–Kier alpha value is -3.62. The number of amides is 2. The number of hydrogen-bond donors (Lipinski definition) is 2. The number of thiocarbonyl (C=S) groups is 1. The van der Waals surface area contributed by atoms with E-state index in [1.54, 1.807) is 30.3 Å². The monoisotopic (exact) mass is 550 g/mol. The van der Waals surface area contributed by atoms with E-state index in [0.717, 1.165) is 11.4 Å². The molecule has 198 valence electrons. The number of carbonyl (C=O) groups excluding carboxylic acids is 2. The van der Waals surface area contributed by atoms with Gasteiger partial charge in [-0.25, -0.2) is 0 Å². The maximum absolute atomic E-state index is 12.7. The first-order chi connectivity index (χ1) is 18.3. The van der Waals surface area contributed by atoms with Crippen LogP contribution >= 0.6 is 23.8 Å². The van der Waals surface area contributed by atoms with Crippen molar-refractivity contribution in [2.45, 2.75) is 13.8 Å². The molecular formula is C29H31ClN4O3S. The van der Waals surface area contributed by atoms with Gasteiger partial charge in [-0.1, -0.05) is 43.6 Å². The van der Waals surface area contributed by atoms with Crippen molar-refractivity contribution in [1.29, 1.82) is 0 Å². The molecule has 0 atom stereocenters. The Morgan fingerprint density at radius 3 is 2.26 bits per heavy atom. The molecule has 1 saturated heterocycles. The van der Waals surface area contributed by atoms with Crippen LogP contribution in [0.3, 0.4) is 0 Å². The Kier molecular flexibility index (Phi) is 9.20. The summed E-state index contributed by atoms with van der Waals surface area (Å²) in [6.45, 7) is 7.37. The fourth-order valence-corrected chi connectivity index (χ4v) is 4.57. The van der Waals surface area contributed by atoms with Crippen LogP contribution in [-0.2, 0) is 0 Å². The number of hydrogen-bond acceptors (Lipinski definition) is 5. The van der Waals surface area contributed by atoms with Crippen molar-refractivity contribution < 1.29 is 14.3 Å². The lowest BCUT2D eigenvalue weighted by Crippen LogP contribution is -2.48. The molecule has 0 spiro atoms. The van der Waals surface area contributed by atoms with Crippen LogP contribution in [0.25, 0.3) is 0 Å². The highest BCUT2D eigenvalue weighted by molar-refractivity contribution is 7.80. The summed E-state index contributed by atoms with van der Waals surface area (Å²) in [5.41, 5.74) is 2.73. The van der Waals surface area contributed by atoms with Gasteiger partial charge in [0.25, 0.3) is 11.8 Å². The van der Waals surface area contributed by atoms with Gasteiger partial charge >= 0.3 is 0 Å². The van der Waals surface area contributed by atoms with Gasteiger partial charge in [-0.15, -0.1) is 0 Å². The second kappa shape index (κ2) is 12.8. The summed E-state index contributed by atoms with van der Waals surface area (Å²) in [6, 6.07) is 21.8. The normalized spacial score (nSPS) is 13.3. The molecule has 4 rings (SSSR count). The second-order valence-corrected chi connectivity index (χ2v) is 10.3. The lowest BCUT2D eigenvalue weighted by Gasteiger charge is -2.36. The molecule has 1 aliphatic rings. The van der Waals surface area contributed by atoms with Crippen molar-refractivity contribution in [2.75, 3.05) is 43.0 Å². The molecule has 3 aromatic carbocycles. The van der Waals surface area contributed by atoms with E-state index in [2.05, 4.69) is 29.4 Å². The summed E-state index contributed by atoms with van der Waals surface area (Å²) in [4.78, 5) is 29.3. The first-order valence-electron chi connectivity index (χ1n) is 12.5. The minimum atomic E-state index is -0.316. The molecule has 0 aliphatic carbocycles. The predicted molar refractivity (Wildman–Crippen MR) is 156 cm³/mol. The number of carbonyl (C=O) groups is 2. The third-order valence-corrected chi connectivity index (χ3v) is 6.57. The zero-order chi connectivity index (χ0) is 27.1. The van der Waals surface area contributed by atoms with E-state index in [1.807, 2.05) is 47.4 Å². The molecule has 0 saturated carbocycles. The van der Waals surface area contributed by atoms with E-state index >= 15 is 0 Å². The molecule has 2 amide bonds. The lowest BCUT2D eigenvalue weighted by atomic mass is 10.1. The molecular weight excluding hydrogens is 520 g/mol. The average Bonchev–Trinajstić information content (AvgIpc) is 2.92. The van der Waals surface area contributed by atoms with Gasteiger partial charge in [-0.05, 0) is 72.7 Å². The Balaban J connectivity index is 1.28. The van der Waals surface area contributed by atoms with Gasteiger partial charge in [0.2, 0.25) is 0 Å². The number of rotatable bonds is 7. The third-order valence-electron chi connectivity index (χ3n) is 6.06. The van der Waals surface area contributed by atoms with Crippen LogP contribution in [0.1, 0.15) is 34.6 Å². The van der Waals surface area contributed by atoms with Crippen LogP contribution < -0.4 is 20.3 Å². The first kappa shape index (κ1) is 27.4. The van der Waals surface area contributed by atoms with Crippen LogP contribution in [0.5, 0.6) is 5.75 Å². The first-order valence-corrected chi connectivity index (χ1v) is 13.3. The van der Waals surface area contributed by atoms with Gasteiger partial charge in [0.15, 0.2) is 5.11 Å². The predicted octanol–water partition coefficient (Wildman–Crippen LogP) is 5.46. The molecule has 2 N–H and O–H groups in total. The number of anilines is 2. The number of halogens is 1. The second-order valence-electron chi connectivity index (χ2n) is 9.45. The highest BCUT2D eigenvalue weighted by Gasteiger charge is 2.23. The summed E-state index contributed by atoms with van der Waals surface area (Å²) in [5, 5.41) is 6.44. The summed E-state index contributed by atoms with van der Waals surface area (Å²) in [7, 11) is 0. The molecule has 0 bridgehead atoms. The molecule has 1 aliphatic heterocycles. The van der Waals surface area contributed by atoms with Gasteiger partial charge in [0, 0.05) is 43.0 Å². The minimum Gasteiger partial charge on any atom is -0.493 e. The number of piperazine rings is 1. The summed E-state index contributed by atoms with van der Waals surface area (Å²) >= 11 is 11.9. The van der Waals surface area contributed by atoms with Gasteiger partial charge in [-0.2, -0.15) is 0 Å². The van der Waals surface area contributed by atoms with Crippen LogP contribution in [0.15, 0.2) is 72.8 Å². The van der Waals surface area contributed by atoms with Gasteiger partial charge in [0.1, 0.15) is 5.75 Å². The summed E-state index contributed by atoms with van der Waals surface area (Å²) < 4.78 is 5.66. The molecule has 0 radical (unpaired) electrons. The standard InChI is InChI=1S/C29H31ClN4O3S/c1-20(2)19-37-24-11-8-21(9-12-24)27(35)32-29(38)31-23-10-13-26(25(30)18-23)33-14-16-34(17-15-33)28(36)22-6-4-3-5-7-22/h3-13,18,20H,14-17,19H2,1-2H3,(H2,31,32,35,38). The number of nitrogens with one attached hydrogen (secondary N) is 2. The number of nitrogens with zero attached hydrogens (tertiary/aromatic N) is 2. The van der Waals surface area contributed by atoms with E-state index in [4.69, 9.17) is 28.6 Å². The zero-order valence-electron chi connectivity index (χ0n) is 21.4. The van der Waals surface area contributed by atoms with E-state index in [9.17, 15) is 9.59 Å². The lowest BCUT2D eigenvalue weighted by molar-refractivity contribution is 0.0746. The molecule has 9 heteroatoms. The quantitative estimate of drug-likeness (QED) is 0.380. The molecule has 0 aromatic heterocycles. The third kappa shape index (κ3) is 7.24. The van der Waals surface area contributed by atoms with Crippen LogP contribution in [-0.4, -0.2) is 54.6 Å². The van der Waals surface area contributed by atoms with E-state index in [1.165, 1.54) is 0 Å². The van der Waals surface area contributed by atoms with Crippen molar-refractivity contribution in [3.63, 3.8) is 0 Å². The topological polar surface area (TPSA) is 73.9 Å². The fourth-order valence-electron chi connectivity index (χ4n) is 4.06. The van der Waals surface area contributed by atoms with Crippen molar-refractivity contribution >= 4 is 52.1 Å². The highest BCUT2D eigenvalue weighted by atomic mass is 35.5. The van der Waals surface area contributed by atoms with Crippen molar-refractivity contribution in [3.05, 3.63) is 88.9 Å². The smallest absolute Gasteiger partial charge is 0.257 e. The fraction of sp³-hybridized carbons (Fsp3) is 0.276. The molecule has 38 heavy (non-hydrogen) atoms. The average molecular weight is 551 g/mol. The minimum absolute atomic E-state index is 0.0434. The Labute approximate surface area is 233 Å². The van der Waals surface area contributed by atoms with Gasteiger partial charge < -0.3 is 19.9 Å². The SMILES string of the molecule is CC(C)COc1ccc(C(=O)NC(=S)Nc2ccc(N3CCN(C(=O)c4ccccc4)CC3)c(Cl)c2)cc1. The maximum Gasteiger partial charge on any atom is 0.257 e. The number of benzene rings is 3. The zero-order valence-corrected chi connectivity index (χ0v) is 23.0. The van der Waals surface area contributed by atoms with Gasteiger partial charge in [0.05, 0.1) is 17.3 Å².